The van der Waals surface area contributed by atoms with Crippen molar-refractivity contribution in [3.05, 3.63) is 72.6 Å². The molecule has 150 valence electrons. The largest absolute Gasteiger partial charge is 0.355 e. The van der Waals surface area contributed by atoms with E-state index in [2.05, 4.69) is 38.4 Å². The number of hydrogen-bond acceptors (Lipinski definition) is 4. The molecule has 1 amide bonds. The number of amides is 1. The summed E-state index contributed by atoms with van der Waals surface area (Å²) in [6.45, 7) is 7.44. The summed E-state index contributed by atoms with van der Waals surface area (Å²) >= 11 is 6.08. The Morgan fingerprint density at radius 1 is 1.27 bits per heavy atom. The van der Waals surface area contributed by atoms with Crippen LogP contribution < -0.4 is 5.32 Å². The number of aromatic amines is 1. The number of H-pyrrole nitrogens is 1. The summed E-state index contributed by atoms with van der Waals surface area (Å²) < 4.78 is 16.1. The predicted octanol–water partition coefficient (Wildman–Crippen LogP) is 4.10. The number of likely N-dealkylation sites (N-methyl/N-ethyl adjacent to an activating group) is 1. The first-order valence-corrected chi connectivity index (χ1v) is 9.24. The number of halogens is 2. The van der Waals surface area contributed by atoms with Crippen LogP contribution in [0.5, 0.6) is 0 Å². The lowest BCUT2D eigenvalue weighted by atomic mass is 10.1. The average Bonchev–Trinajstić information content (AvgIpc) is 3.31. The zero-order valence-corrected chi connectivity index (χ0v) is 16.7. The Morgan fingerprint density at radius 2 is 2.07 bits per heavy atom. The first kappa shape index (κ1) is 19.5. The quantitative estimate of drug-likeness (QED) is 0.374. The van der Waals surface area contributed by atoms with Gasteiger partial charge in [0.05, 0.1) is 21.7 Å². The smallest absolute Gasteiger partial charge is 0.253 e. The third kappa shape index (κ3) is 3.07. The first-order valence-electron chi connectivity index (χ1n) is 8.86. The molecule has 4 heterocycles. The van der Waals surface area contributed by atoms with E-state index in [0.717, 1.165) is 5.39 Å². The second kappa shape index (κ2) is 7.57. The number of allylic oxidation sites excluding steroid dienone is 2. The van der Waals surface area contributed by atoms with Crippen LogP contribution >= 0.6 is 11.6 Å². The molecule has 4 rings (SSSR count). The van der Waals surface area contributed by atoms with E-state index >= 15 is 0 Å². The molecule has 0 spiro atoms. The van der Waals surface area contributed by atoms with Crippen molar-refractivity contribution in [2.75, 3.05) is 7.05 Å². The zero-order chi connectivity index (χ0) is 21.4. The van der Waals surface area contributed by atoms with Gasteiger partial charge in [-0.25, -0.2) is 19.3 Å². The molecule has 4 aromatic heterocycles. The third-order valence-electron chi connectivity index (χ3n) is 4.64. The molecule has 0 saturated heterocycles. The fourth-order valence-electron chi connectivity index (χ4n) is 3.23. The van der Waals surface area contributed by atoms with Gasteiger partial charge in [0.2, 0.25) is 0 Å². The number of rotatable bonds is 5. The van der Waals surface area contributed by atoms with Crippen molar-refractivity contribution < 1.29 is 9.18 Å². The normalized spacial score (nSPS) is 12.1. The summed E-state index contributed by atoms with van der Waals surface area (Å²) in [4.78, 5) is 28.4. The molecule has 0 atom stereocenters. The Labute approximate surface area is 175 Å². The van der Waals surface area contributed by atoms with E-state index in [4.69, 9.17) is 11.6 Å². The highest BCUT2D eigenvalue weighted by Crippen LogP contribution is 2.30. The minimum Gasteiger partial charge on any atom is -0.355 e. The SMILES string of the molecule is C=C/C(C(=O)NC)=C(\C=C)n1cc(F)c2cnc(-c3c[nH]c4ncc(Cl)cc34)nc21. The van der Waals surface area contributed by atoms with Gasteiger partial charge in [-0.2, -0.15) is 0 Å². The van der Waals surface area contributed by atoms with Crippen molar-refractivity contribution in [2.45, 2.75) is 0 Å². The molecule has 0 saturated carbocycles. The fraction of sp³-hybridized carbons (Fsp3) is 0.0476. The molecule has 0 bridgehead atoms. The molecule has 0 aliphatic rings. The minimum atomic E-state index is -0.528. The molecule has 0 aliphatic carbocycles. The van der Waals surface area contributed by atoms with E-state index in [1.165, 1.54) is 42.4 Å². The van der Waals surface area contributed by atoms with Crippen molar-refractivity contribution >= 4 is 45.3 Å². The molecule has 30 heavy (non-hydrogen) atoms. The Morgan fingerprint density at radius 3 is 2.77 bits per heavy atom. The van der Waals surface area contributed by atoms with Gasteiger partial charge in [-0.3, -0.25) is 9.36 Å². The lowest BCUT2D eigenvalue weighted by molar-refractivity contribution is -0.116. The lowest BCUT2D eigenvalue weighted by Crippen LogP contribution is -2.21. The van der Waals surface area contributed by atoms with Gasteiger partial charge in [-0.05, 0) is 12.1 Å². The summed E-state index contributed by atoms with van der Waals surface area (Å²) in [5, 5.41) is 3.94. The van der Waals surface area contributed by atoms with Crippen molar-refractivity contribution in [3.63, 3.8) is 0 Å². The van der Waals surface area contributed by atoms with Crippen molar-refractivity contribution in [3.8, 4) is 11.4 Å². The monoisotopic (exact) mass is 422 g/mol. The number of carbonyl (C=O) groups excluding carboxylic acids is 1. The van der Waals surface area contributed by atoms with Crippen LogP contribution in [-0.2, 0) is 4.79 Å². The minimum absolute atomic E-state index is 0.203. The Kier molecular flexibility index (Phi) is 4.93. The van der Waals surface area contributed by atoms with Crippen molar-refractivity contribution in [1.82, 2.24) is 29.8 Å². The lowest BCUT2D eigenvalue weighted by Gasteiger charge is -2.10. The van der Waals surface area contributed by atoms with Gasteiger partial charge < -0.3 is 10.3 Å². The number of nitrogens with one attached hydrogen (secondary N) is 2. The Hall–Kier alpha value is -3.78. The highest BCUT2D eigenvalue weighted by atomic mass is 35.5. The van der Waals surface area contributed by atoms with Crippen LogP contribution in [0.2, 0.25) is 5.02 Å². The summed E-state index contributed by atoms with van der Waals surface area (Å²) in [7, 11) is 1.50. The molecule has 2 N–H and O–H groups in total. The number of carbonyl (C=O) groups is 1. The van der Waals surface area contributed by atoms with Gasteiger partial charge >= 0.3 is 0 Å². The van der Waals surface area contributed by atoms with E-state index in [0.29, 0.717) is 27.8 Å². The van der Waals surface area contributed by atoms with Gasteiger partial charge in [0.25, 0.3) is 5.91 Å². The predicted molar refractivity (Wildman–Crippen MR) is 115 cm³/mol. The molecule has 9 heteroatoms. The van der Waals surface area contributed by atoms with Gasteiger partial charge in [0, 0.05) is 42.8 Å². The molecule has 0 aromatic carbocycles. The van der Waals surface area contributed by atoms with Crippen LogP contribution in [-0.4, -0.2) is 37.5 Å². The van der Waals surface area contributed by atoms with Gasteiger partial charge in [-0.1, -0.05) is 30.8 Å². The molecular formula is C21H16ClFN6O. The number of aromatic nitrogens is 5. The number of pyridine rings is 1. The number of fused-ring (bicyclic) bond motifs is 2. The first-order chi connectivity index (χ1) is 14.5. The highest BCUT2D eigenvalue weighted by Gasteiger charge is 2.19. The van der Waals surface area contributed by atoms with Crippen molar-refractivity contribution in [2.24, 2.45) is 0 Å². The van der Waals surface area contributed by atoms with E-state index in [1.807, 2.05) is 0 Å². The van der Waals surface area contributed by atoms with Gasteiger partial charge in [0.15, 0.2) is 17.3 Å². The second-order valence-electron chi connectivity index (χ2n) is 6.32. The number of hydrogen-bond donors (Lipinski definition) is 2. The molecular weight excluding hydrogens is 407 g/mol. The summed E-state index contributed by atoms with van der Waals surface area (Å²) in [6.07, 6.45) is 8.71. The van der Waals surface area contributed by atoms with E-state index in [1.54, 1.807) is 12.3 Å². The van der Waals surface area contributed by atoms with Crippen molar-refractivity contribution in [1.29, 1.82) is 0 Å². The van der Waals surface area contributed by atoms with Crippen LogP contribution in [0.1, 0.15) is 0 Å². The molecule has 7 nitrogen and oxygen atoms in total. The fourth-order valence-corrected chi connectivity index (χ4v) is 3.39. The second-order valence-corrected chi connectivity index (χ2v) is 6.75. The topological polar surface area (TPSA) is 88.5 Å². The van der Waals surface area contributed by atoms with Gasteiger partial charge in [-0.15, -0.1) is 0 Å². The van der Waals surface area contributed by atoms with Gasteiger partial charge in [0.1, 0.15) is 5.65 Å². The zero-order valence-electron chi connectivity index (χ0n) is 15.9. The molecule has 0 fully saturated rings. The maximum atomic E-state index is 14.6. The maximum absolute atomic E-state index is 14.6. The van der Waals surface area contributed by atoms with Crippen LogP contribution in [0.3, 0.4) is 0 Å². The highest BCUT2D eigenvalue weighted by molar-refractivity contribution is 6.31. The number of nitrogens with zero attached hydrogens (tertiary/aromatic N) is 4. The summed E-state index contributed by atoms with van der Waals surface area (Å²) in [5.41, 5.74) is 2.13. The molecule has 0 unspecified atom stereocenters. The Balaban J connectivity index is 1.98. The standard InChI is InChI=1S/C21H16ClFN6O/c1-4-12(21(30)24-3)17(5-2)29-10-16(23)15-9-27-19(28-20(15)29)14-8-26-18-13(14)6-11(22)7-25-18/h4-10H,1-2H2,3H3,(H,24,30)(H,25,26)/b17-12-. The molecule has 0 radical (unpaired) electrons. The average molecular weight is 423 g/mol. The Bertz CT molecular complexity index is 1370. The van der Waals surface area contributed by atoms with E-state index < -0.39 is 5.82 Å². The van der Waals surface area contributed by atoms with Crippen LogP contribution in [0.25, 0.3) is 39.2 Å². The maximum Gasteiger partial charge on any atom is 0.253 e. The van der Waals surface area contributed by atoms with Crippen LogP contribution in [0, 0.1) is 5.82 Å². The van der Waals surface area contributed by atoms with Crippen LogP contribution in [0.4, 0.5) is 4.39 Å². The summed E-state index contributed by atoms with van der Waals surface area (Å²) in [6, 6.07) is 1.75. The molecule has 0 aliphatic heterocycles. The third-order valence-corrected chi connectivity index (χ3v) is 4.85. The van der Waals surface area contributed by atoms with E-state index in [9.17, 15) is 9.18 Å². The van der Waals surface area contributed by atoms with E-state index in [-0.39, 0.29) is 22.5 Å². The molecule has 4 aromatic rings. The summed E-state index contributed by atoms with van der Waals surface area (Å²) in [5.74, 6) is -0.561. The van der Waals surface area contributed by atoms with Crippen LogP contribution in [0.15, 0.2) is 61.7 Å².